The van der Waals surface area contributed by atoms with Crippen LogP contribution in [0.1, 0.15) is 16.2 Å². The summed E-state index contributed by atoms with van der Waals surface area (Å²) in [5.74, 6) is -0.808. The van der Waals surface area contributed by atoms with E-state index < -0.39 is 5.82 Å². The van der Waals surface area contributed by atoms with Gasteiger partial charge in [0.2, 0.25) is 0 Å². The molecule has 2 aromatic heterocycles. The predicted molar refractivity (Wildman–Crippen MR) is 79.4 cm³/mol. The maximum absolute atomic E-state index is 13.4. The molecule has 3 aromatic rings. The normalized spacial score (nSPS) is 10.4. The van der Waals surface area contributed by atoms with E-state index in [0.717, 1.165) is 5.56 Å². The predicted octanol–water partition coefficient (Wildman–Crippen LogP) is 2.54. The van der Waals surface area contributed by atoms with Gasteiger partial charge in [-0.2, -0.15) is 5.10 Å². The third-order valence-electron chi connectivity index (χ3n) is 3.14. The van der Waals surface area contributed by atoms with Gasteiger partial charge in [-0.15, -0.1) is 0 Å². The Balaban J connectivity index is 1.69. The zero-order chi connectivity index (χ0) is 15.4. The van der Waals surface area contributed by atoms with Crippen molar-refractivity contribution >= 4 is 5.91 Å². The summed E-state index contributed by atoms with van der Waals surface area (Å²) in [6, 6.07) is 14.0. The van der Waals surface area contributed by atoms with Crippen molar-refractivity contribution in [3.63, 3.8) is 0 Å². The first-order valence-corrected chi connectivity index (χ1v) is 6.72. The molecule has 0 aliphatic heterocycles. The van der Waals surface area contributed by atoms with E-state index >= 15 is 0 Å². The Hall–Kier alpha value is -3.02. The second-order valence-corrected chi connectivity index (χ2v) is 4.65. The topological polar surface area (TPSA) is 70.7 Å². The van der Waals surface area contributed by atoms with Crippen molar-refractivity contribution in [1.29, 1.82) is 0 Å². The lowest BCUT2D eigenvalue weighted by Gasteiger charge is -2.03. The molecular weight excluding hydrogens is 283 g/mol. The van der Waals surface area contributed by atoms with Gasteiger partial charge in [0, 0.05) is 11.8 Å². The molecule has 1 aromatic carbocycles. The first-order valence-electron chi connectivity index (χ1n) is 6.72. The van der Waals surface area contributed by atoms with Crippen molar-refractivity contribution in [2.24, 2.45) is 0 Å². The average molecular weight is 296 g/mol. The summed E-state index contributed by atoms with van der Waals surface area (Å²) in [4.78, 5) is 15.9. The van der Waals surface area contributed by atoms with Gasteiger partial charge in [0.15, 0.2) is 0 Å². The Labute approximate surface area is 126 Å². The molecule has 22 heavy (non-hydrogen) atoms. The van der Waals surface area contributed by atoms with Gasteiger partial charge in [0.25, 0.3) is 5.91 Å². The minimum absolute atomic E-state index is 0.0190. The Kier molecular flexibility index (Phi) is 3.91. The van der Waals surface area contributed by atoms with Gasteiger partial charge in [0.1, 0.15) is 11.5 Å². The molecule has 110 valence electrons. The number of aromatic nitrogens is 3. The Morgan fingerprint density at radius 3 is 2.77 bits per heavy atom. The summed E-state index contributed by atoms with van der Waals surface area (Å²) in [5, 5.41) is 9.39. The number of carbonyl (C=O) groups is 1. The van der Waals surface area contributed by atoms with Crippen LogP contribution in [0.5, 0.6) is 0 Å². The van der Waals surface area contributed by atoms with Crippen molar-refractivity contribution < 1.29 is 9.18 Å². The Bertz CT molecular complexity index is 786. The monoisotopic (exact) mass is 296 g/mol. The summed E-state index contributed by atoms with van der Waals surface area (Å²) in [5.41, 5.74) is 2.09. The fraction of sp³-hybridized carbons (Fsp3) is 0.0625. The van der Waals surface area contributed by atoms with Crippen LogP contribution in [0, 0.1) is 5.82 Å². The first-order chi connectivity index (χ1) is 10.7. The Morgan fingerprint density at radius 2 is 2.00 bits per heavy atom. The van der Waals surface area contributed by atoms with Gasteiger partial charge in [-0.05, 0) is 18.2 Å². The Morgan fingerprint density at radius 1 is 1.18 bits per heavy atom. The molecular formula is C16H13FN4O. The smallest absolute Gasteiger partial charge is 0.269 e. The van der Waals surface area contributed by atoms with Crippen LogP contribution < -0.4 is 5.32 Å². The molecule has 0 spiro atoms. The van der Waals surface area contributed by atoms with Crippen molar-refractivity contribution in [2.75, 3.05) is 0 Å². The number of nitrogens with zero attached hydrogens (tertiary/aromatic N) is 2. The number of halogens is 1. The molecule has 0 saturated heterocycles. The van der Waals surface area contributed by atoms with E-state index in [1.54, 1.807) is 6.07 Å². The summed E-state index contributed by atoms with van der Waals surface area (Å²) in [7, 11) is 0. The third-order valence-corrected chi connectivity index (χ3v) is 3.14. The van der Waals surface area contributed by atoms with Gasteiger partial charge in [0.05, 0.1) is 17.9 Å². The molecule has 2 heterocycles. The molecule has 0 fully saturated rings. The van der Waals surface area contributed by atoms with Crippen LogP contribution in [-0.2, 0) is 6.54 Å². The van der Waals surface area contributed by atoms with Gasteiger partial charge in [-0.25, -0.2) is 4.39 Å². The van der Waals surface area contributed by atoms with E-state index in [4.69, 9.17) is 0 Å². The van der Waals surface area contributed by atoms with E-state index in [0.29, 0.717) is 11.4 Å². The zero-order valence-corrected chi connectivity index (χ0v) is 11.6. The fourth-order valence-corrected chi connectivity index (χ4v) is 2.00. The van der Waals surface area contributed by atoms with Crippen molar-refractivity contribution in [1.82, 2.24) is 20.5 Å². The van der Waals surface area contributed by atoms with Crippen molar-refractivity contribution in [2.45, 2.75) is 6.54 Å². The maximum atomic E-state index is 13.4. The first kappa shape index (κ1) is 13.9. The van der Waals surface area contributed by atoms with Gasteiger partial charge in [-0.3, -0.25) is 14.9 Å². The summed E-state index contributed by atoms with van der Waals surface area (Å²) >= 11 is 0. The van der Waals surface area contributed by atoms with Crippen LogP contribution in [-0.4, -0.2) is 21.1 Å². The molecule has 6 heteroatoms. The van der Waals surface area contributed by atoms with Crippen LogP contribution in [0.2, 0.25) is 0 Å². The van der Waals surface area contributed by atoms with E-state index in [2.05, 4.69) is 20.5 Å². The van der Waals surface area contributed by atoms with Gasteiger partial charge < -0.3 is 5.32 Å². The standard InChI is InChI=1S/C16H13FN4O/c17-12-7-4-8-18-15(12)10-19-16(22)14-9-13(20-21-14)11-5-2-1-3-6-11/h1-9H,10H2,(H,19,22)(H,20,21). The van der Waals surface area contributed by atoms with E-state index in [1.165, 1.54) is 18.3 Å². The lowest BCUT2D eigenvalue weighted by atomic mass is 10.1. The van der Waals surface area contributed by atoms with Crippen LogP contribution in [0.4, 0.5) is 4.39 Å². The zero-order valence-electron chi connectivity index (χ0n) is 11.6. The fourth-order valence-electron chi connectivity index (χ4n) is 2.00. The lowest BCUT2D eigenvalue weighted by molar-refractivity contribution is 0.0945. The third kappa shape index (κ3) is 3.01. The number of nitrogens with one attached hydrogen (secondary N) is 2. The van der Waals surface area contributed by atoms with Gasteiger partial charge >= 0.3 is 0 Å². The van der Waals surface area contributed by atoms with Crippen LogP contribution >= 0.6 is 0 Å². The van der Waals surface area contributed by atoms with Gasteiger partial charge in [-0.1, -0.05) is 30.3 Å². The second-order valence-electron chi connectivity index (χ2n) is 4.65. The molecule has 2 N–H and O–H groups in total. The molecule has 0 unspecified atom stereocenters. The molecule has 0 aliphatic carbocycles. The number of hydrogen-bond donors (Lipinski definition) is 2. The minimum Gasteiger partial charge on any atom is -0.345 e. The average Bonchev–Trinajstić information content (AvgIpc) is 3.05. The molecule has 1 amide bonds. The van der Waals surface area contributed by atoms with Crippen molar-refractivity contribution in [3.05, 3.63) is 71.9 Å². The number of aromatic amines is 1. The highest BCUT2D eigenvalue weighted by molar-refractivity contribution is 5.93. The summed E-state index contributed by atoms with van der Waals surface area (Å²) < 4.78 is 13.4. The molecule has 0 radical (unpaired) electrons. The van der Waals surface area contributed by atoms with E-state index in [1.807, 2.05) is 30.3 Å². The number of H-pyrrole nitrogens is 1. The number of amides is 1. The highest BCUT2D eigenvalue weighted by Crippen LogP contribution is 2.16. The number of hydrogen-bond acceptors (Lipinski definition) is 3. The van der Waals surface area contributed by atoms with Crippen LogP contribution in [0.3, 0.4) is 0 Å². The highest BCUT2D eigenvalue weighted by atomic mass is 19.1. The molecule has 0 saturated carbocycles. The second kappa shape index (κ2) is 6.17. The highest BCUT2D eigenvalue weighted by Gasteiger charge is 2.12. The van der Waals surface area contributed by atoms with Crippen LogP contribution in [0.15, 0.2) is 54.7 Å². The molecule has 0 bridgehead atoms. The number of pyridine rings is 1. The molecule has 0 aliphatic rings. The van der Waals surface area contributed by atoms with Crippen LogP contribution in [0.25, 0.3) is 11.3 Å². The van der Waals surface area contributed by atoms with E-state index in [9.17, 15) is 9.18 Å². The number of rotatable bonds is 4. The number of benzene rings is 1. The summed E-state index contributed by atoms with van der Waals surface area (Å²) in [6.07, 6.45) is 1.48. The van der Waals surface area contributed by atoms with Crippen molar-refractivity contribution in [3.8, 4) is 11.3 Å². The lowest BCUT2D eigenvalue weighted by Crippen LogP contribution is -2.24. The minimum atomic E-state index is -0.447. The maximum Gasteiger partial charge on any atom is 0.269 e. The largest absolute Gasteiger partial charge is 0.345 e. The SMILES string of the molecule is O=C(NCc1ncccc1F)c1cc(-c2ccccc2)n[nH]1. The summed E-state index contributed by atoms with van der Waals surface area (Å²) in [6.45, 7) is 0.0190. The molecule has 0 atom stereocenters. The quantitative estimate of drug-likeness (QED) is 0.777. The number of carbonyl (C=O) groups excluding carboxylic acids is 1. The van der Waals surface area contributed by atoms with E-state index in [-0.39, 0.29) is 18.1 Å². The molecule has 3 rings (SSSR count). The molecule has 5 nitrogen and oxygen atoms in total.